The highest BCUT2D eigenvalue weighted by molar-refractivity contribution is 7.80. The maximum absolute atomic E-state index is 5.80. The summed E-state index contributed by atoms with van der Waals surface area (Å²) in [7, 11) is 0. The molecule has 1 aromatic rings. The van der Waals surface area contributed by atoms with E-state index in [0.717, 1.165) is 11.3 Å². The van der Waals surface area contributed by atoms with Crippen molar-refractivity contribution in [1.29, 1.82) is 0 Å². The van der Waals surface area contributed by atoms with Gasteiger partial charge in [-0.05, 0) is 42.9 Å². The topological polar surface area (TPSA) is 38.0 Å². The zero-order valence-corrected chi connectivity index (χ0v) is 12.2. The van der Waals surface area contributed by atoms with Gasteiger partial charge >= 0.3 is 0 Å². The minimum Gasteiger partial charge on any atom is -0.389 e. The number of thiocarbonyl (C=S) groups is 1. The average molecular weight is 262 g/mol. The van der Waals surface area contributed by atoms with Gasteiger partial charge in [0.1, 0.15) is 4.99 Å². The van der Waals surface area contributed by atoms with E-state index in [1.165, 1.54) is 24.8 Å². The Morgan fingerprint density at radius 2 is 2.17 bits per heavy atom. The molecule has 0 saturated heterocycles. The Labute approximate surface area is 115 Å². The van der Waals surface area contributed by atoms with Gasteiger partial charge in [-0.3, -0.25) is 0 Å². The van der Waals surface area contributed by atoms with E-state index >= 15 is 0 Å². The van der Waals surface area contributed by atoms with Crippen LogP contribution in [0, 0.1) is 12.3 Å². The molecule has 1 unspecified atom stereocenters. The van der Waals surface area contributed by atoms with Gasteiger partial charge < -0.3 is 11.1 Å². The largest absolute Gasteiger partial charge is 0.389 e. The van der Waals surface area contributed by atoms with Crippen LogP contribution < -0.4 is 11.1 Å². The Morgan fingerprint density at radius 3 is 2.72 bits per heavy atom. The van der Waals surface area contributed by atoms with Gasteiger partial charge in [0, 0.05) is 17.3 Å². The van der Waals surface area contributed by atoms with E-state index in [4.69, 9.17) is 18.0 Å². The van der Waals surface area contributed by atoms with Crippen LogP contribution in [0.3, 0.4) is 0 Å². The molecule has 0 aliphatic heterocycles. The van der Waals surface area contributed by atoms with Crippen molar-refractivity contribution in [2.24, 2.45) is 11.1 Å². The molecule has 98 valence electrons. The third-order valence-corrected chi connectivity index (χ3v) is 4.25. The van der Waals surface area contributed by atoms with Crippen LogP contribution in [0.25, 0.3) is 0 Å². The Morgan fingerprint density at radius 1 is 1.44 bits per heavy atom. The van der Waals surface area contributed by atoms with Crippen LogP contribution in [0.5, 0.6) is 0 Å². The number of nitrogens with two attached hydrogens (primary N) is 1. The molecule has 1 fully saturated rings. The van der Waals surface area contributed by atoms with E-state index in [1.807, 2.05) is 6.07 Å². The third kappa shape index (κ3) is 2.66. The van der Waals surface area contributed by atoms with Crippen molar-refractivity contribution in [1.82, 2.24) is 0 Å². The van der Waals surface area contributed by atoms with Crippen molar-refractivity contribution < 1.29 is 0 Å². The van der Waals surface area contributed by atoms with Gasteiger partial charge in [-0.1, -0.05) is 38.6 Å². The molecule has 0 spiro atoms. The molecule has 1 atom stereocenters. The lowest BCUT2D eigenvalue weighted by Gasteiger charge is -2.29. The fourth-order valence-corrected chi connectivity index (χ4v) is 2.95. The normalized spacial score (nSPS) is 21.8. The molecule has 0 bridgehead atoms. The highest BCUT2D eigenvalue weighted by Crippen LogP contribution is 2.39. The van der Waals surface area contributed by atoms with Gasteiger partial charge in [0.25, 0.3) is 0 Å². The highest BCUT2D eigenvalue weighted by atomic mass is 32.1. The summed E-state index contributed by atoms with van der Waals surface area (Å²) in [6, 6.07) is 6.72. The van der Waals surface area contributed by atoms with Crippen LogP contribution in [0.4, 0.5) is 5.69 Å². The predicted molar refractivity (Wildman–Crippen MR) is 82.1 cm³/mol. The first-order valence-electron chi connectivity index (χ1n) is 6.57. The fraction of sp³-hybridized carbons (Fsp3) is 0.533. The van der Waals surface area contributed by atoms with E-state index < -0.39 is 0 Å². The third-order valence-electron chi connectivity index (χ3n) is 4.03. The summed E-state index contributed by atoms with van der Waals surface area (Å²) in [4.78, 5) is 0.466. The fourth-order valence-electron chi connectivity index (χ4n) is 2.77. The van der Waals surface area contributed by atoms with E-state index in [-0.39, 0.29) is 0 Å². The molecule has 3 N–H and O–H groups in total. The SMILES string of the molecule is Cc1ccc(C(N)=S)c(NC2CCCC2(C)C)c1. The van der Waals surface area contributed by atoms with Crippen molar-refractivity contribution in [3.05, 3.63) is 29.3 Å². The molecular weight excluding hydrogens is 240 g/mol. The van der Waals surface area contributed by atoms with Crippen LogP contribution in [0.1, 0.15) is 44.2 Å². The van der Waals surface area contributed by atoms with E-state index in [1.54, 1.807) is 0 Å². The molecule has 0 radical (unpaired) electrons. The maximum Gasteiger partial charge on any atom is 0.106 e. The number of benzene rings is 1. The molecule has 1 aliphatic carbocycles. The number of hydrogen-bond acceptors (Lipinski definition) is 2. The van der Waals surface area contributed by atoms with Crippen LogP contribution in [0.15, 0.2) is 18.2 Å². The summed E-state index contributed by atoms with van der Waals surface area (Å²) in [5.41, 5.74) is 9.41. The Kier molecular flexibility index (Phi) is 3.62. The van der Waals surface area contributed by atoms with Crippen LogP contribution in [-0.4, -0.2) is 11.0 Å². The number of rotatable bonds is 3. The van der Waals surface area contributed by atoms with Crippen molar-refractivity contribution in [3.63, 3.8) is 0 Å². The second-order valence-corrected chi connectivity index (χ2v) is 6.43. The second kappa shape index (κ2) is 4.88. The maximum atomic E-state index is 5.80. The van der Waals surface area contributed by atoms with Crippen molar-refractivity contribution in [2.75, 3.05) is 5.32 Å². The molecular formula is C15H22N2S. The molecule has 0 heterocycles. The number of anilines is 1. The van der Waals surface area contributed by atoms with Gasteiger partial charge in [-0.25, -0.2) is 0 Å². The first-order valence-corrected chi connectivity index (χ1v) is 6.98. The second-order valence-electron chi connectivity index (χ2n) is 5.99. The molecule has 3 heteroatoms. The van der Waals surface area contributed by atoms with E-state index in [2.05, 4.69) is 38.2 Å². The van der Waals surface area contributed by atoms with Crippen LogP contribution in [0.2, 0.25) is 0 Å². The van der Waals surface area contributed by atoms with Gasteiger partial charge in [0.15, 0.2) is 0 Å². The molecule has 0 amide bonds. The monoisotopic (exact) mass is 262 g/mol. The summed E-state index contributed by atoms with van der Waals surface area (Å²) in [5.74, 6) is 0. The molecule has 1 aromatic carbocycles. The number of nitrogens with one attached hydrogen (secondary N) is 1. The average Bonchev–Trinajstić information content (AvgIpc) is 2.58. The summed E-state index contributed by atoms with van der Waals surface area (Å²) in [6.45, 7) is 6.75. The minimum absolute atomic E-state index is 0.344. The lowest BCUT2D eigenvalue weighted by molar-refractivity contribution is 0.350. The molecule has 1 aliphatic rings. The molecule has 18 heavy (non-hydrogen) atoms. The van der Waals surface area contributed by atoms with Gasteiger partial charge in [-0.2, -0.15) is 0 Å². The first-order chi connectivity index (χ1) is 8.40. The summed E-state index contributed by atoms with van der Waals surface area (Å²) in [6.07, 6.45) is 3.79. The highest BCUT2D eigenvalue weighted by Gasteiger charge is 2.34. The summed E-state index contributed by atoms with van der Waals surface area (Å²) < 4.78 is 0. The smallest absolute Gasteiger partial charge is 0.106 e. The Balaban J connectivity index is 2.28. The number of aryl methyl sites for hydroxylation is 1. The lowest BCUT2D eigenvalue weighted by Crippen LogP contribution is -2.31. The molecule has 2 nitrogen and oxygen atoms in total. The molecule has 2 rings (SSSR count). The van der Waals surface area contributed by atoms with Crippen molar-refractivity contribution >= 4 is 22.9 Å². The van der Waals surface area contributed by atoms with Gasteiger partial charge in [0.05, 0.1) is 0 Å². The summed E-state index contributed by atoms with van der Waals surface area (Å²) >= 11 is 5.13. The van der Waals surface area contributed by atoms with Crippen LogP contribution in [-0.2, 0) is 0 Å². The van der Waals surface area contributed by atoms with E-state index in [9.17, 15) is 0 Å². The zero-order valence-electron chi connectivity index (χ0n) is 11.4. The van der Waals surface area contributed by atoms with Gasteiger partial charge in [0.2, 0.25) is 0 Å². The Hall–Kier alpha value is -1.09. The standard InChI is InChI=1S/C15H22N2S/c1-10-6-7-11(14(16)18)12(9-10)17-13-5-4-8-15(13,2)3/h6-7,9,13,17H,4-5,8H2,1-3H3,(H2,16,18). The zero-order chi connectivity index (χ0) is 13.3. The van der Waals surface area contributed by atoms with Crippen LogP contribution >= 0.6 is 12.2 Å². The van der Waals surface area contributed by atoms with E-state index in [0.29, 0.717) is 16.4 Å². The quantitative estimate of drug-likeness (QED) is 0.817. The number of hydrogen-bond donors (Lipinski definition) is 2. The van der Waals surface area contributed by atoms with Crippen molar-refractivity contribution in [3.8, 4) is 0 Å². The molecule has 1 saturated carbocycles. The predicted octanol–water partition coefficient (Wildman–Crippen LogP) is 3.62. The molecule has 0 aromatic heterocycles. The minimum atomic E-state index is 0.344. The van der Waals surface area contributed by atoms with Crippen molar-refractivity contribution in [2.45, 2.75) is 46.1 Å². The summed E-state index contributed by atoms with van der Waals surface area (Å²) in [5, 5.41) is 3.65. The Bertz CT molecular complexity index is 466. The van der Waals surface area contributed by atoms with Gasteiger partial charge in [-0.15, -0.1) is 0 Å². The first kappa shape index (κ1) is 13.3. The lowest BCUT2D eigenvalue weighted by atomic mass is 9.87.